The fourth-order valence-corrected chi connectivity index (χ4v) is 2.44. The molecule has 1 amide bonds. The number of hydrogen-bond acceptors (Lipinski definition) is 5. The number of aryl methyl sites for hydroxylation is 1. The predicted octanol–water partition coefficient (Wildman–Crippen LogP) is 2.23. The first kappa shape index (κ1) is 12.0. The number of carbonyl (C=O) groups is 1. The third-order valence-electron chi connectivity index (χ3n) is 2.65. The second kappa shape index (κ2) is 4.89. The molecule has 1 N–H and O–H groups in total. The minimum atomic E-state index is -0.654. The van der Waals surface area contributed by atoms with Gasteiger partial charge in [0.1, 0.15) is 6.61 Å². The molecule has 0 saturated heterocycles. The molecule has 0 spiro atoms. The Morgan fingerprint density at radius 2 is 2.21 bits per heavy atom. The minimum absolute atomic E-state index is 0.202. The molecule has 1 aromatic heterocycles. The van der Waals surface area contributed by atoms with E-state index >= 15 is 0 Å². The van der Waals surface area contributed by atoms with Crippen molar-refractivity contribution in [2.45, 2.75) is 13.0 Å². The first-order valence-electron chi connectivity index (χ1n) is 5.84. The van der Waals surface area contributed by atoms with E-state index in [2.05, 4.69) is 10.3 Å². The summed E-state index contributed by atoms with van der Waals surface area (Å²) in [4.78, 5) is 16.2. The fraction of sp³-hybridized carbons (Fsp3) is 0.231. The lowest BCUT2D eigenvalue weighted by molar-refractivity contribution is -0.125. The number of rotatable bonds is 2. The molecule has 0 bridgehead atoms. The summed E-state index contributed by atoms with van der Waals surface area (Å²) in [5.74, 6) is 1.00. The smallest absolute Gasteiger partial charge is 0.270 e. The van der Waals surface area contributed by atoms with E-state index in [1.807, 2.05) is 30.5 Å². The molecule has 1 atom stereocenters. The van der Waals surface area contributed by atoms with E-state index in [1.165, 1.54) is 11.3 Å². The van der Waals surface area contributed by atoms with Gasteiger partial charge < -0.3 is 9.47 Å². The molecule has 0 saturated carbocycles. The lowest BCUT2D eigenvalue weighted by Gasteiger charge is -2.25. The number of anilines is 1. The van der Waals surface area contributed by atoms with E-state index < -0.39 is 6.10 Å². The maximum Gasteiger partial charge on any atom is 0.270 e. The Morgan fingerprint density at radius 3 is 2.95 bits per heavy atom. The van der Waals surface area contributed by atoms with Gasteiger partial charge in [-0.15, -0.1) is 11.3 Å². The zero-order chi connectivity index (χ0) is 13.2. The summed E-state index contributed by atoms with van der Waals surface area (Å²) >= 11 is 1.39. The van der Waals surface area contributed by atoms with Crippen LogP contribution in [-0.4, -0.2) is 23.6 Å². The van der Waals surface area contributed by atoms with E-state index in [9.17, 15) is 4.79 Å². The van der Waals surface area contributed by atoms with Crippen molar-refractivity contribution in [2.75, 3.05) is 11.9 Å². The summed E-state index contributed by atoms with van der Waals surface area (Å²) in [6.07, 6.45) is -0.654. The van der Waals surface area contributed by atoms with Crippen molar-refractivity contribution in [3.8, 4) is 11.5 Å². The molecule has 3 rings (SSSR count). The van der Waals surface area contributed by atoms with Crippen LogP contribution < -0.4 is 14.8 Å². The molecule has 0 unspecified atom stereocenters. The van der Waals surface area contributed by atoms with Gasteiger partial charge in [0, 0.05) is 5.38 Å². The molecule has 1 aliphatic heterocycles. The second-order valence-electron chi connectivity index (χ2n) is 4.15. The number of nitrogens with one attached hydrogen (secondary N) is 1. The van der Waals surface area contributed by atoms with Crippen LogP contribution in [0.5, 0.6) is 11.5 Å². The van der Waals surface area contributed by atoms with Gasteiger partial charge in [0.25, 0.3) is 5.91 Å². The monoisotopic (exact) mass is 276 g/mol. The number of ether oxygens (including phenoxy) is 2. The van der Waals surface area contributed by atoms with E-state index in [0.717, 1.165) is 5.69 Å². The Balaban J connectivity index is 1.69. The first-order valence-corrected chi connectivity index (χ1v) is 6.72. The van der Waals surface area contributed by atoms with Gasteiger partial charge in [0.05, 0.1) is 5.69 Å². The van der Waals surface area contributed by atoms with Gasteiger partial charge in [-0.3, -0.25) is 10.1 Å². The second-order valence-corrected chi connectivity index (χ2v) is 5.01. The number of para-hydroxylation sites is 2. The van der Waals surface area contributed by atoms with Crippen molar-refractivity contribution >= 4 is 22.4 Å². The van der Waals surface area contributed by atoms with Crippen LogP contribution >= 0.6 is 11.3 Å². The van der Waals surface area contributed by atoms with Crippen molar-refractivity contribution in [2.24, 2.45) is 0 Å². The number of thiazole rings is 1. The minimum Gasteiger partial charge on any atom is -0.485 e. The highest BCUT2D eigenvalue weighted by Gasteiger charge is 2.27. The molecule has 2 aromatic rings. The van der Waals surface area contributed by atoms with Crippen LogP contribution in [-0.2, 0) is 4.79 Å². The van der Waals surface area contributed by atoms with Gasteiger partial charge in [0.15, 0.2) is 16.6 Å². The summed E-state index contributed by atoms with van der Waals surface area (Å²) in [5.41, 5.74) is 0.881. The number of fused-ring (bicyclic) bond motifs is 1. The van der Waals surface area contributed by atoms with E-state index in [0.29, 0.717) is 16.6 Å². The Kier molecular flexibility index (Phi) is 3.08. The predicted molar refractivity (Wildman–Crippen MR) is 71.8 cm³/mol. The molecule has 19 heavy (non-hydrogen) atoms. The summed E-state index contributed by atoms with van der Waals surface area (Å²) in [6, 6.07) is 7.30. The Labute approximate surface area is 114 Å². The molecular formula is C13H12N2O3S. The molecule has 1 aromatic carbocycles. The van der Waals surface area contributed by atoms with Crippen LogP contribution in [0.2, 0.25) is 0 Å². The molecular weight excluding hydrogens is 264 g/mol. The third-order valence-corrected chi connectivity index (χ3v) is 3.53. The number of amides is 1. The summed E-state index contributed by atoms with van der Waals surface area (Å²) in [6.45, 7) is 2.08. The van der Waals surface area contributed by atoms with Crippen LogP contribution in [0, 0.1) is 6.92 Å². The Hall–Kier alpha value is -2.08. The highest BCUT2D eigenvalue weighted by atomic mass is 32.1. The summed E-state index contributed by atoms with van der Waals surface area (Å²) < 4.78 is 11.1. The van der Waals surface area contributed by atoms with Gasteiger partial charge in [-0.2, -0.15) is 0 Å². The largest absolute Gasteiger partial charge is 0.485 e. The number of nitrogens with zero attached hydrogens (tertiary/aromatic N) is 1. The standard InChI is InChI=1S/C13H12N2O3S/c1-8-7-19-13(14-8)15-12(16)11-6-17-9-4-2-3-5-10(9)18-11/h2-5,7,11H,6H2,1H3,(H,14,15,16)/t11-/m1/s1. The molecule has 0 aliphatic carbocycles. The number of carbonyl (C=O) groups excluding carboxylic acids is 1. The van der Waals surface area contributed by atoms with Crippen molar-refractivity contribution in [1.29, 1.82) is 0 Å². The van der Waals surface area contributed by atoms with Crippen LogP contribution in [0.3, 0.4) is 0 Å². The lowest BCUT2D eigenvalue weighted by atomic mass is 10.2. The molecule has 5 nitrogen and oxygen atoms in total. The number of hydrogen-bond donors (Lipinski definition) is 1. The molecule has 0 radical (unpaired) electrons. The summed E-state index contributed by atoms with van der Waals surface area (Å²) in [5, 5.41) is 5.18. The van der Waals surface area contributed by atoms with Crippen molar-refractivity contribution in [1.82, 2.24) is 4.98 Å². The van der Waals surface area contributed by atoms with Crippen LogP contribution in [0.1, 0.15) is 5.69 Å². The maximum absolute atomic E-state index is 12.0. The zero-order valence-corrected chi connectivity index (χ0v) is 11.1. The fourth-order valence-electron chi connectivity index (χ4n) is 1.75. The van der Waals surface area contributed by atoms with Crippen molar-refractivity contribution in [3.05, 3.63) is 35.3 Å². The van der Waals surface area contributed by atoms with Gasteiger partial charge in [-0.25, -0.2) is 4.98 Å². The Bertz CT molecular complexity index is 611. The normalized spacial score (nSPS) is 17.0. The van der Waals surface area contributed by atoms with Crippen LogP contribution in [0.4, 0.5) is 5.13 Å². The zero-order valence-electron chi connectivity index (χ0n) is 10.3. The SMILES string of the molecule is Cc1csc(NC(=O)[C@H]2COc3ccccc3O2)n1. The highest BCUT2D eigenvalue weighted by Crippen LogP contribution is 2.31. The third kappa shape index (κ3) is 2.53. The molecule has 0 fully saturated rings. The Morgan fingerprint density at radius 1 is 1.42 bits per heavy atom. The molecule has 2 heterocycles. The average molecular weight is 276 g/mol. The number of aromatic nitrogens is 1. The molecule has 98 valence electrons. The van der Waals surface area contributed by atoms with Gasteiger partial charge in [-0.05, 0) is 19.1 Å². The molecule has 6 heteroatoms. The van der Waals surface area contributed by atoms with E-state index in [1.54, 1.807) is 6.07 Å². The van der Waals surface area contributed by atoms with E-state index in [4.69, 9.17) is 9.47 Å². The lowest BCUT2D eigenvalue weighted by Crippen LogP contribution is -2.40. The van der Waals surface area contributed by atoms with Crippen molar-refractivity contribution in [3.63, 3.8) is 0 Å². The maximum atomic E-state index is 12.0. The van der Waals surface area contributed by atoms with Gasteiger partial charge in [-0.1, -0.05) is 12.1 Å². The van der Waals surface area contributed by atoms with Gasteiger partial charge in [0.2, 0.25) is 6.10 Å². The average Bonchev–Trinajstić information content (AvgIpc) is 2.83. The highest BCUT2D eigenvalue weighted by molar-refractivity contribution is 7.13. The number of benzene rings is 1. The van der Waals surface area contributed by atoms with E-state index in [-0.39, 0.29) is 12.5 Å². The first-order chi connectivity index (χ1) is 9.22. The topological polar surface area (TPSA) is 60.5 Å². The summed E-state index contributed by atoms with van der Waals surface area (Å²) in [7, 11) is 0. The van der Waals surface area contributed by atoms with Crippen LogP contribution in [0.15, 0.2) is 29.6 Å². The van der Waals surface area contributed by atoms with Crippen LogP contribution in [0.25, 0.3) is 0 Å². The van der Waals surface area contributed by atoms with Gasteiger partial charge >= 0.3 is 0 Å². The van der Waals surface area contributed by atoms with Crippen molar-refractivity contribution < 1.29 is 14.3 Å². The quantitative estimate of drug-likeness (QED) is 0.913. The molecule has 1 aliphatic rings.